The second-order valence-electron chi connectivity index (χ2n) is 5.66. The maximum absolute atomic E-state index is 11.6. The first kappa shape index (κ1) is 14.5. The van der Waals surface area contributed by atoms with Gasteiger partial charge in [0.05, 0.1) is 7.11 Å². The van der Waals surface area contributed by atoms with Gasteiger partial charge >= 0.3 is 5.97 Å². The molecule has 4 nitrogen and oxygen atoms in total. The van der Waals surface area contributed by atoms with Gasteiger partial charge in [-0.05, 0) is 53.6 Å². The zero-order chi connectivity index (χ0) is 13.1. The number of piperidine rings is 1. The van der Waals surface area contributed by atoms with Crippen molar-refractivity contribution in [3.8, 4) is 0 Å². The third-order valence-electron chi connectivity index (χ3n) is 3.52. The Hall–Kier alpha value is -0.610. The predicted molar refractivity (Wildman–Crippen MR) is 69.0 cm³/mol. The van der Waals surface area contributed by atoms with Gasteiger partial charge in [-0.3, -0.25) is 10.1 Å². The molecule has 1 aliphatic rings. The lowest BCUT2D eigenvalue weighted by Gasteiger charge is -2.38. The smallest absolute Gasteiger partial charge is 0.325 e. The average molecular weight is 242 g/mol. The molecular formula is C13H26N2O2. The molecule has 0 spiro atoms. The van der Waals surface area contributed by atoms with Crippen LogP contribution in [0.5, 0.6) is 0 Å². The van der Waals surface area contributed by atoms with Crippen LogP contribution in [0.15, 0.2) is 0 Å². The van der Waals surface area contributed by atoms with Crippen molar-refractivity contribution in [3.05, 3.63) is 0 Å². The number of esters is 1. The molecule has 0 aromatic carbocycles. The number of hydrogen-bond donors (Lipinski definition) is 1. The van der Waals surface area contributed by atoms with E-state index < -0.39 is 5.54 Å². The van der Waals surface area contributed by atoms with E-state index in [9.17, 15) is 4.79 Å². The number of rotatable bonds is 4. The monoisotopic (exact) mass is 242 g/mol. The van der Waals surface area contributed by atoms with Crippen LogP contribution in [0.25, 0.3) is 0 Å². The SMILES string of the molecule is COC(=O)C(C)(C)NC1CCN(C(C)C)CC1. The summed E-state index contributed by atoms with van der Waals surface area (Å²) in [7, 11) is 1.44. The van der Waals surface area contributed by atoms with Crippen LogP contribution in [-0.2, 0) is 9.53 Å². The van der Waals surface area contributed by atoms with Crippen LogP contribution in [0.3, 0.4) is 0 Å². The Morgan fingerprint density at radius 1 is 1.35 bits per heavy atom. The van der Waals surface area contributed by atoms with E-state index in [4.69, 9.17) is 4.74 Å². The lowest BCUT2D eigenvalue weighted by atomic mass is 9.98. The van der Waals surface area contributed by atoms with Crippen molar-refractivity contribution in [1.82, 2.24) is 10.2 Å². The molecule has 0 aromatic heterocycles. The van der Waals surface area contributed by atoms with Crippen LogP contribution in [0.2, 0.25) is 0 Å². The van der Waals surface area contributed by atoms with Crippen LogP contribution in [-0.4, -0.2) is 48.7 Å². The van der Waals surface area contributed by atoms with Gasteiger partial charge in [0.15, 0.2) is 0 Å². The van der Waals surface area contributed by atoms with E-state index in [1.807, 2.05) is 13.8 Å². The number of carbonyl (C=O) groups excluding carboxylic acids is 1. The van der Waals surface area contributed by atoms with Crippen LogP contribution in [0.4, 0.5) is 0 Å². The maximum atomic E-state index is 11.6. The van der Waals surface area contributed by atoms with Crippen LogP contribution in [0, 0.1) is 0 Å². The summed E-state index contributed by atoms with van der Waals surface area (Å²) in [5, 5.41) is 3.40. The lowest BCUT2D eigenvalue weighted by Crippen LogP contribution is -2.55. The molecular weight excluding hydrogens is 216 g/mol. The van der Waals surface area contributed by atoms with Gasteiger partial charge in [0.25, 0.3) is 0 Å². The van der Waals surface area contributed by atoms with Crippen molar-refractivity contribution in [1.29, 1.82) is 0 Å². The Labute approximate surface area is 105 Å². The quantitative estimate of drug-likeness (QED) is 0.757. The number of methoxy groups -OCH3 is 1. The van der Waals surface area contributed by atoms with Gasteiger partial charge in [-0.2, -0.15) is 0 Å². The molecule has 0 radical (unpaired) electrons. The van der Waals surface area contributed by atoms with Crippen molar-refractivity contribution in [3.63, 3.8) is 0 Å². The van der Waals surface area contributed by atoms with E-state index in [0.717, 1.165) is 25.9 Å². The zero-order valence-electron chi connectivity index (χ0n) is 11.7. The molecule has 1 aliphatic heterocycles. The highest BCUT2D eigenvalue weighted by molar-refractivity contribution is 5.79. The van der Waals surface area contributed by atoms with Gasteiger partial charge in [-0.25, -0.2) is 0 Å². The van der Waals surface area contributed by atoms with Crippen molar-refractivity contribution >= 4 is 5.97 Å². The predicted octanol–water partition coefficient (Wildman–Crippen LogP) is 1.40. The second kappa shape index (κ2) is 5.83. The summed E-state index contributed by atoms with van der Waals surface area (Å²) < 4.78 is 4.80. The minimum atomic E-state index is -0.584. The highest BCUT2D eigenvalue weighted by Gasteiger charge is 2.32. The summed E-state index contributed by atoms with van der Waals surface area (Å²) in [4.78, 5) is 14.1. The van der Waals surface area contributed by atoms with Gasteiger partial charge in [0.2, 0.25) is 0 Å². The first-order chi connectivity index (χ1) is 7.86. The van der Waals surface area contributed by atoms with Crippen LogP contribution in [0.1, 0.15) is 40.5 Å². The fourth-order valence-electron chi connectivity index (χ4n) is 2.38. The van der Waals surface area contributed by atoms with Gasteiger partial charge < -0.3 is 9.64 Å². The Morgan fingerprint density at radius 3 is 2.29 bits per heavy atom. The van der Waals surface area contributed by atoms with Crippen molar-refractivity contribution < 1.29 is 9.53 Å². The second-order valence-corrected chi connectivity index (χ2v) is 5.66. The molecule has 0 bridgehead atoms. The molecule has 0 atom stereocenters. The summed E-state index contributed by atoms with van der Waals surface area (Å²) >= 11 is 0. The Morgan fingerprint density at radius 2 is 1.88 bits per heavy atom. The van der Waals surface area contributed by atoms with Gasteiger partial charge in [-0.15, -0.1) is 0 Å². The minimum Gasteiger partial charge on any atom is -0.468 e. The molecule has 0 aromatic rings. The molecule has 1 saturated heterocycles. The summed E-state index contributed by atoms with van der Waals surface area (Å²) in [5.74, 6) is -0.191. The van der Waals surface area contributed by atoms with E-state index in [0.29, 0.717) is 12.1 Å². The largest absolute Gasteiger partial charge is 0.468 e. The summed E-state index contributed by atoms with van der Waals surface area (Å²) in [6, 6.07) is 1.03. The van der Waals surface area contributed by atoms with E-state index in [-0.39, 0.29) is 5.97 Å². The third kappa shape index (κ3) is 3.96. The Bertz CT molecular complexity index is 256. The normalized spacial score (nSPS) is 19.6. The molecule has 1 N–H and O–H groups in total. The number of likely N-dealkylation sites (tertiary alicyclic amines) is 1. The first-order valence-corrected chi connectivity index (χ1v) is 6.47. The molecule has 100 valence electrons. The summed E-state index contributed by atoms with van der Waals surface area (Å²) in [6.07, 6.45) is 2.19. The van der Waals surface area contributed by atoms with E-state index in [1.165, 1.54) is 7.11 Å². The Balaban J connectivity index is 2.42. The number of hydrogen-bond acceptors (Lipinski definition) is 4. The number of nitrogens with zero attached hydrogens (tertiary/aromatic N) is 1. The van der Waals surface area contributed by atoms with Crippen molar-refractivity contribution in [2.24, 2.45) is 0 Å². The van der Waals surface area contributed by atoms with Gasteiger partial charge in [0.1, 0.15) is 5.54 Å². The average Bonchev–Trinajstić information content (AvgIpc) is 2.28. The van der Waals surface area contributed by atoms with Crippen LogP contribution >= 0.6 is 0 Å². The standard InChI is InChI=1S/C13H26N2O2/c1-10(2)15-8-6-11(7-9-15)14-13(3,4)12(16)17-5/h10-11,14H,6-9H2,1-5H3. The molecule has 17 heavy (non-hydrogen) atoms. The molecule has 4 heteroatoms. The van der Waals surface area contributed by atoms with E-state index in [1.54, 1.807) is 0 Å². The van der Waals surface area contributed by atoms with Crippen molar-refractivity contribution in [2.75, 3.05) is 20.2 Å². The van der Waals surface area contributed by atoms with Crippen LogP contribution < -0.4 is 5.32 Å². The molecule has 1 heterocycles. The summed E-state index contributed by atoms with van der Waals surface area (Å²) in [6.45, 7) is 10.4. The highest BCUT2D eigenvalue weighted by Crippen LogP contribution is 2.16. The molecule has 0 unspecified atom stereocenters. The van der Waals surface area contributed by atoms with Gasteiger partial charge in [-0.1, -0.05) is 0 Å². The fourth-order valence-corrected chi connectivity index (χ4v) is 2.38. The molecule has 0 aliphatic carbocycles. The molecule has 0 saturated carbocycles. The fraction of sp³-hybridized carbons (Fsp3) is 0.923. The summed E-state index contributed by atoms with van der Waals surface area (Å²) in [5.41, 5.74) is -0.584. The van der Waals surface area contributed by atoms with Gasteiger partial charge in [0, 0.05) is 12.1 Å². The highest BCUT2D eigenvalue weighted by atomic mass is 16.5. The first-order valence-electron chi connectivity index (χ1n) is 6.47. The van der Waals surface area contributed by atoms with E-state index in [2.05, 4.69) is 24.1 Å². The van der Waals surface area contributed by atoms with Crippen molar-refractivity contribution in [2.45, 2.75) is 58.2 Å². The molecule has 1 rings (SSSR count). The maximum Gasteiger partial charge on any atom is 0.325 e. The number of nitrogens with one attached hydrogen (secondary N) is 1. The Kier molecular flexibility index (Phi) is 4.95. The zero-order valence-corrected chi connectivity index (χ0v) is 11.7. The topological polar surface area (TPSA) is 41.6 Å². The van der Waals surface area contributed by atoms with E-state index >= 15 is 0 Å². The lowest BCUT2D eigenvalue weighted by molar-refractivity contribution is -0.147. The molecule has 1 fully saturated rings. The third-order valence-corrected chi connectivity index (χ3v) is 3.52. The minimum absolute atomic E-state index is 0.191. The number of carbonyl (C=O) groups is 1. The molecule has 0 amide bonds. The number of ether oxygens (including phenoxy) is 1.